The Kier molecular flexibility index (Phi) is 7.06. The van der Waals surface area contributed by atoms with E-state index in [1.54, 1.807) is 24.3 Å². The number of sulfone groups is 2. The summed E-state index contributed by atoms with van der Waals surface area (Å²) in [4.78, 5) is 4.19. The van der Waals surface area contributed by atoms with E-state index >= 15 is 0 Å². The number of pyridine rings is 1. The van der Waals surface area contributed by atoms with Crippen molar-refractivity contribution in [2.75, 3.05) is 0 Å². The first-order chi connectivity index (χ1) is 17.0. The van der Waals surface area contributed by atoms with Gasteiger partial charge < -0.3 is 9.47 Å². The lowest BCUT2D eigenvalue weighted by Gasteiger charge is -2.14. The van der Waals surface area contributed by atoms with Crippen molar-refractivity contribution in [3.05, 3.63) is 79.1 Å². The highest BCUT2D eigenvalue weighted by Gasteiger charge is 2.26. The van der Waals surface area contributed by atoms with Gasteiger partial charge >= 0.3 is 0 Å². The van der Waals surface area contributed by atoms with Gasteiger partial charge in [0.2, 0.25) is 19.7 Å². The minimum absolute atomic E-state index is 0.00272. The normalized spacial score (nSPS) is 12.3. The van der Waals surface area contributed by atoms with Crippen molar-refractivity contribution in [3.8, 4) is 11.5 Å². The maximum absolute atomic E-state index is 13.5. The van der Waals surface area contributed by atoms with E-state index in [0.717, 1.165) is 0 Å². The molecule has 0 atom stereocenters. The fourth-order valence-corrected chi connectivity index (χ4v) is 6.71. The maximum atomic E-state index is 13.5. The zero-order valence-corrected chi connectivity index (χ0v) is 22.0. The Morgan fingerprint density at radius 2 is 1.00 bits per heavy atom. The van der Waals surface area contributed by atoms with Crippen LogP contribution < -0.4 is 9.47 Å². The van der Waals surface area contributed by atoms with E-state index in [0.29, 0.717) is 11.5 Å². The van der Waals surface area contributed by atoms with Gasteiger partial charge in [0.25, 0.3) is 0 Å². The van der Waals surface area contributed by atoms with E-state index in [1.807, 2.05) is 27.7 Å². The lowest BCUT2D eigenvalue weighted by molar-refractivity contribution is 0.242. The molecule has 0 aliphatic heterocycles. The predicted molar refractivity (Wildman–Crippen MR) is 137 cm³/mol. The van der Waals surface area contributed by atoms with Crippen molar-refractivity contribution >= 4 is 30.4 Å². The molecule has 3 aromatic carbocycles. The van der Waals surface area contributed by atoms with Crippen LogP contribution in [-0.2, 0) is 19.7 Å². The van der Waals surface area contributed by atoms with Crippen LogP contribution in [-0.4, -0.2) is 34.0 Å². The zero-order chi connectivity index (χ0) is 26.1. The molecule has 0 amide bonds. The number of ether oxygens (including phenoxy) is 2. The molecule has 9 heteroatoms. The molecule has 1 aromatic heterocycles. The Morgan fingerprint density at radius 3 is 1.42 bits per heavy atom. The zero-order valence-electron chi connectivity index (χ0n) is 20.4. The van der Waals surface area contributed by atoms with Gasteiger partial charge in [0.1, 0.15) is 11.5 Å². The van der Waals surface area contributed by atoms with Crippen LogP contribution in [0, 0.1) is 0 Å². The maximum Gasteiger partial charge on any atom is 0.207 e. The monoisotopic (exact) mass is 525 g/mol. The smallest absolute Gasteiger partial charge is 0.207 e. The fraction of sp³-hybridized carbons (Fsp3) is 0.222. The molecule has 0 saturated carbocycles. The average molecular weight is 526 g/mol. The van der Waals surface area contributed by atoms with E-state index in [-0.39, 0.29) is 42.6 Å². The summed E-state index contributed by atoms with van der Waals surface area (Å²) < 4.78 is 65.2. The molecule has 0 aliphatic rings. The summed E-state index contributed by atoms with van der Waals surface area (Å²) in [6, 6.07) is 16.5. The summed E-state index contributed by atoms with van der Waals surface area (Å²) in [7, 11) is -7.91. The van der Waals surface area contributed by atoms with E-state index in [9.17, 15) is 16.8 Å². The summed E-state index contributed by atoms with van der Waals surface area (Å²) in [5.74, 6) is 1.12. The number of hydrogen-bond acceptors (Lipinski definition) is 7. The van der Waals surface area contributed by atoms with E-state index < -0.39 is 19.7 Å². The molecule has 7 nitrogen and oxygen atoms in total. The molecule has 0 fully saturated rings. The summed E-state index contributed by atoms with van der Waals surface area (Å²) in [6.07, 6.45) is 2.72. The molecule has 4 aromatic rings. The Labute approximate surface area is 211 Å². The van der Waals surface area contributed by atoms with Crippen LogP contribution in [0.3, 0.4) is 0 Å². The van der Waals surface area contributed by atoms with Crippen molar-refractivity contribution in [2.45, 2.75) is 59.5 Å². The molecule has 0 radical (unpaired) electrons. The Hall–Kier alpha value is -3.43. The van der Waals surface area contributed by atoms with Gasteiger partial charge in [-0.05, 0) is 94.4 Å². The number of hydrogen-bond donors (Lipinski definition) is 0. The third kappa shape index (κ3) is 5.08. The van der Waals surface area contributed by atoms with Gasteiger partial charge in [-0.2, -0.15) is 0 Å². The fourth-order valence-electron chi connectivity index (χ4n) is 3.80. The topological polar surface area (TPSA) is 99.6 Å². The molecule has 4 rings (SSSR count). The lowest BCUT2D eigenvalue weighted by atomic mass is 10.2. The first kappa shape index (κ1) is 25.7. The van der Waals surface area contributed by atoms with Gasteiger partial charge in [-0.25, -0.2) is 16.8 Å². The summed E-state index contributed by atoms with van der Waals surface area (Å²) >= 11 is 0. The number of nitrogens with zero attached hydrogens (tertiary/aromatic N) is 1. The van der Waals surface area contributed by atoms with Crippen molar-refractivity contribution in [3.63, 3.8) is 0 Å². The van der Waals surface area contributed by atoms with Crippen LogP contribution in [0.25, 0.3) is 10.8 Å². The molecule has 0 unspecified atom stereocenters. The first-order valence-corrected chi connectivity index (χ1v) is 14.4. The van der Waals surface area contributed by atoms with Gasteiger partial charge in [0.05, 0.1) is 31.8 Å². The van der Waals surface area contributed by atoms with Gasteiger partial charge in [-0.15, -0.1) is 0 Å². The number of rotatable bonds is 8. The molecule has 188 valence electrons. The molecule has 36 heavy (non-hydrogen) atoms. The van der Waals surface area contributed by atoms with Crippen molar-refractivity contribution < 1.29 is 26.3 Å². The van der Waals surface area contributed by atoms with Gasteiger partial charge in [0.15, 0.2) is 0 Å². The van der Waals surface area contributed by atoms with Crippen molar-refractivity contribution in [1.82, 2.24) is 4.98 Å². The van der Waals surface area contributed by atoms with Crippen LogP contribution in [0.5, 0.6) is 11.5 Å². The van der Waals surface area contributed by atoms with E-state index in [4.69, 9.17) is 9.47 Å². The van der Waals surface area contributed by atoms with Crippen LogP contribution in [0.2, 0.25) is 0 Å². The van der Waals surface area contributed by atoms with Crippen LogP contribution >= 0.6 is 0 Å². The molecule has 0 spiro atoms. The van der Waals surface area contributed by atoms with E-state index in [2.05, 4.69) is 4.98 Å². The van der Waals surface area contributed by atoms with E-state index in [1.165, 1.54) is 54.9 Å². The average Bonchev–Trinajstić information content (AvgIpc) is 2.83. The molecule has 0 N–H and O–H groups in total. The molecule has 0 aliphatic carbocycles. The van der Waals surface area contributed by atoms with Gasteiger partial charge in [-0.1, -0.05) is 0 Å². The minimum atomic E-state index is -3.96. The SMILES string of the molecule is CC(C)Oc1ccc(S(=O)(=O)c2ccc(S(=O)(=O)c3ccc(OC(C)C)cc3)c3cnccc23)cc1. The second-order valence-electron chi connectivity index (χ2n) is 8.77. The number of fused-ring (bicyclic) bond motifs is 1. The third-order valence-corrected chi connectivity index (χ3v) is 8.98. The molecular weight excluding hydrogens is 498 g/mol. The Bertz CT molecular complexity index is 1470. The summed E-state index contributed by atoms with van der Waals surface area (Å²) in [5.41, 5.74) is 0. The van der Waals surface area contributed by atoms with Gasteiger partial charge in [-0.3, -0.25) is 4.98 Å². The largest absolute Gasteiger partial charge is 0.491 e. The minimum Gasteiger partial charge on any atom is -0.491 e. The second-order valence-corrected chi connectivity index (χ2v) is 12.6. The third-order valence-electron chi connectivity index (χ3n) is 5.33. The second kappa shape index (κ2) is 9.91. The Morgan fingerprint density at radius 1 is 0.583 bits per heavy atom. The van der Waals surface area contributed by atoms with Crippen LogP contribution in [0.4, 0.5) is 0 Å². The number of benzene rings is 3. The quantitative estimate of drug-likeness (QED) is 0.300. The summed E-state index contributed by atoms with van der Waals surface area (Å²) in [5, 5.41) is 0.495. The molecular formula is C27H27NO6S2. The standard InChI is InChI=1S/C27H27NO6S2/c1-18(2)33-20-5-9-22(10-6-20)35(29,30)26-13-14-27(25-17-28-16-15-24(25)26)36(31,32)23-11-7-21(8-12-23)34-19(3)4/h5-19H,1-4H3. The van der Waals surface area contributed by atoms with Crippen molar-refractivity contribution in [1.29, 1.82) is 0 Å². The van der Waals surface area contributed by atoms with Gasteiger partial charge in [0, 0.05) is 23.2 Å². The first-order valence-electron chi connectivity index (χ1n) is 11.4. The molecule has 0 saturated heterocycles. The molecule has 1 heterocycles. The summed E-state index contributed by atoms with van der Waals surface area (Å²) in [6.45, 7) is 7.53. The highest BCUT2D eigenvalue weighted by Crippen LogP contribution is 2.35. The van der Waals surface area contributed by atoms with Crippen LogP contribution in [0.1, 0.15) is 27.7 Å². The Balaban J connectivity index is 1.79. The molecule has 0 bridgehead atoms. The number of aromatic nitrogens is 1. The lowest BCUT2D eigenvalue weighted by Crippen LogP contribution is -2.08. The highest BCUT2D eigenvalue weighted by molar-refractivity contribution is 7.92. The predicted octanol–water partition coefficient (Wildman–Crippen LogP) is 5.47. The van der Waals surface area contributed by atoms with Crippen molar-refractivity contribution in [2.24, 2.45) is 0 Å². The van der Waals surface area contributed by atoms with Crippen LogP contribution in [0.15, 0.2) is 98.7 Å². The highest BCUT2D eigenvalue weighted by atomic mass is 32.2.